The lowest BCUT2D eigenvalue weighted by Crippen LogP contribution is -2.38. The normalized spacial score (nSPS) is 18.5. The Morgan fingerprint density at radius 1 is 1.17 bits per heavy atom. The van der Waals surface area contributed by atoms with Crippen LogP contribution in [-0.2, 0) is 11.3 Å². The summed E-state index contributed by atoms with van der Waals surface area (Å²) < 4.78 is 2.37. The van der Waals surface area contributed by atoms with Crippen LogP contribution in [0.4, 0.5) is 11.6 Å². The molecule has 35 heavy (non-hydrogen) atoms. The van der Waals surface area contributed by atoms with E-state index < -0.39 is 0 Å². The molecule has 196 valence electrons. The second kappa shape index (κ2) is 11.9. The van der Waals surface area contributed by atoms with Gasteiger partial charge in [0, 0.05) is 55.8 Å². The number of piperidine rings is 1. The number of hydrogen-bond donors (Lipinski definition) is 2. The monoisotopic (exact) mass is 525 g/mol. The highest BCUT2D eigenvalue weighted by Gasteiger charge is 2.31. The third-order valence-corrected chi connectivity index (χ3v) is 6.69. The molecule has 2 aliphatic rings. The van der Waals surface area contributed by atoms with Crippen molar-refractivity contribution in [2.75, 3.05) is 29.9 Å². The number of nitrogens with zero attached hydrogens (tertiary/aromatic N) is 5. The molecule has 2 aromatic heterocycles. The molecule has 1 fully saturated rings. The molecule has 1 atom stereocenters. The maximum Gasteiger partial charge on any atom is 0.226 e. The van der Waals surface area contributed by atoms with Crippen molar-refractivity contribution >= 4 is 42.4 Å². The Labute approximate surface area is 221 Å². The van der Waals surface area contributed by atoms with Gasteiger partial charge in [-0.1, -0.05) is 20.8 Å². The van der Waals surface area contributed by atoms with E-state index in [0.29, 0.717) is 24.1 Å². The van der Waals surface area contributed by atoms with E-state index in [0.717, 1.165) is 50.4 Å². The summed E-state index contributed by atoms with van der Waals surface area (Å²) >= 11 is 0. The number of fused-ring (bicyclic) bond motifs is 1. The van der Waals surface area contributed by atoms with Gasteiger partial charge >= 0.3 is 0 Å². The van der Waals surface area contributed by atoms with Crippen molar-refractivity contribution in [3.05, 3.63) is 29.6 Å². The molecule has 10 heteroatoms. The van der Waals surface area contributed by atoms with Crippen molar-refractivity contribution in [3.63, 3.8) is 0 Å². The van der Waals surface area contributed by atoms with Crippen LogP contribution in [0, 0.1) is 0 Å². The summed E-state index contributed by atoms with van der Waals surface area (Å²) in [5.74, 6) is 3.90. The average Bonchev–Trinajstić information content (AvgIpc) is 3.17. The molecule has 4 heterocycles. The highest BCUT2D eigenvalue weighted by atomic mass is 35.5. The fourth-order valence-electron chi connectivity index (χ4n) is 4.89. The first-order valence-electron chi connectivity index (χ1n) is 12.3. The molecule has 2 N–H and O–H groups in total. The Bertz CT molecular complexity index is 994. The lowest BCUT2D eigenvalue weighted by molar-refractivity contribution is -0.116. The fourth-order valence-corrected chi connectivity index (χ4v) is 4.89. The first kappa shape index (κ1) is 29.3. The highest BCUT2D eigenvalue weighted by molar-refractivity contribution is 5.94. The van der Waals surface area contributed by atoms with Gasteiger partial charge in [0.25, 0.3) is 0 Å². The zero-order valence-electron chi connectivity index (χ0n) is 21.8. The molecule has 4 rings (SSSR count). The average molecular weight is 527 g/mol. The van der Waals surface area contributed by atoms with Gasteiger partial charge in [-0.25, -0.2) is 15.0 Å². The van der Waals surface area contributed by atoms with Crippen LogP contribution in [0.2, 0.25) is 0 Å². The summed E-state index contributed by atoms with van der Waals surface area (Å²) in [6, 6.07) is 0. The number of carbonyl (C=O) groups is 1. The van der Waals surface area contributed by atoms with E-state index in [2.05, 4.69) is 77.8 Å². The van der Waals surface area contributed by atoms with Crippen molar-refractivity contribution in [1.29, 1.82) is 0 Å². The Morgan fingerprint density at radius 2 is 1.86 bits per heavy atom. The molecule has 0 unspecified atom stereocenters. The van der Waals surface area contributed by atoms with Crippen LogP contribution in [0.5, 0.6) is 0 Å². The molecular weight excluding hydrogens is 485 g/mol. The third-order valence-electron chi connectivity index (χ3n) is 6.69. The highest BCUT2D eigenvalue weighted by Crippen LogP contribution is 2.38. The number of aromatic nitrogens is 4. The zero-order chi connectivity index (χ0) is 23.8. The summed E-state index contributed by atoms with van der Waals surface area (Å²) in [7, 11) is 0. The van der Waals surface area contributed by atoms with Gasteiger partial charge in [0.2, 0.25) is 5.91 Å². The van der Waals surface area contributed by atoms with Crippen LogP contribution >= 0.6 is 24.8 Å². The smallest absolute Gasteiger partial charge is 0.226 e. The molecule has 0 saturated carbocycles. The van der Waals surface area contributed by atoms with Crippen molar-refractivity contribution in [2.24, 2.45) is 0 Å². The summed E-state index contributed by atoms with van der Waals surface area (Å²) in [6.07, 6.45) is 6.40. The van der Waals surface area contributed by atoms with Crippen molar-refractivity contribution < 1.29 is 4.79 Å². The van der Waals surface area contributed by atoms with Crippen molar-refractivity contribution in [1.82, 2.24) is 24.8 Å². The molecule has 0 aromatic carbocycles. The van der Waals surface area contributed by atoms with Gasteiger partial charge in [-0.3, -0.25) is 4.79 Å². The minimum atomic E-state index is 0. The zero-order valence-corrected chi connectivity index (χ0v) is 23.4. The Morgan fingerprint density at radius 3 is 2.49 bits per heavy atom. The SMILES string of the molecule is CC(C)c1cn(CCNC(C)(C)C)c(C2CCN(c3ncnc4c3[C@H](C)CC(=O)N4)CC2)n1.Cl.Cl. The maximum absolute atomic E-state index is 11.9. The van der Waals surface area contributed by atoms with E-state index in [1.165, 1.54) is 11.5 Å². The first-order valence-corrected chi connectivity index (χ1v) is 12.3. The minimum absolute atomic E-state index is 0. The molecule has 1 amide bonds. The first-order chi connectivity index (χ1) is 15.6. The maximum atomic E-state index is 11.9. The van der Waals surface area contributed by atoms with E-state index in [1.54, 1.807) is 6.33 Å². The van der Waals surface area contributed by atoms with Gasteiger partial charge in [-0.05, 0) is 45.4 Å². The van der Waals surface area contributed by atoms with Crippen molar-refractivity contribution in [2.45, 2.75) is 90.6 Å². The number of imidazole rings is 1. The lowest BCUT2D eigenvalue weighted by atomic mass is 9.92. The van der Waals surface area contributed by atoms with Crippen LogP contribution in [0.3, 0.4) is 0 Å². The molecule has 1 saturated heterocycles. The van der Waals surface area contributed by atoms with Gasteiger partial charge in [-0.2, -0.15) is 0 Å². The van der Waals surface area contributed by atoms with E-state index >= 15 is 0 Å². The number of nitrogens with one attached hydrogen (secondary N) is 2. The van der Waals surface area contributed by atoms with Gasteiger partial charge in [-0.15, -0.1) is 24.8 Å². The molecule has 0 aliphatic carbocycles. The summed E-state index contributed by atoms with van der Waals surface area (Å²) in [5.41, 5.74) is 2.37. The number of hydrogen-bond acceptors (Lipinski definition) is 6. The van der Waals surface area contributed by atoms with Crippen LogP contribution in [0.25, 0.3) is 0 Å². The number of rotatable bonds is 6. The Kier molecular flexibility index (Phi) is 9.96. The predicted octanol–water partition coefficient (Wildman–Crippen LogP) is 4.86. The molecule has 2 aromatic rings. The van der Waals surface area contributed by atoms with Crippen LogP contribution in [0.15, 0.2) is 12.5 Å². The predicted molar refractivity (Wildman–Crippen MR) is 146 cm³/mol. The van der Waals surface area contributed by atoms with Gasteiger partial charge in [0.05, 0.1) is 5.69 Å². The molecule has 0 spiro atoms. The largest absolute Gasteiger partial charge is 0.356 e. The van der Waals surface area contributed by atoms with Gasteiger partial charge < -0.3 is 20.1 Å². The second-order valence-corrected chi connectivity index (χ2v) is 10.9. The standard InChI is InChI=1S/C25H39N7O.2ClH/c1-16(2)19-14-32(12-9-28-25(4,5)6)23(29-19)18-7-10-31(11-8-18)24-21-17(3)13-20(33)30-22(21)26-15-27-24;;/h14-18,28H,7-13H2,1-6H3,(H,26,27,30,33);2*1H/t17-;;/m1../s1. The van der Waals surface area contributed by atoms with E-state index in [4.69, 9.17) is 4.98 Å². The summed E-state index contributed by atoms with van der Waals surface area (Å²) in [5, 5.41) is 6.52. The summed E-state index contributed by atoms with van der Waals surface area (Å²) in [4.78, 5) is 28.3. The summed E-state index contributed by atoms with van der Waals surface area (Å²) in [6.45, 7) is 16.9. The van der Waals surface area contributed by atoms with Crippen LogP contribution < -0.4 is 15.5 Å². The number of carbonyl (C=O) groups excluding carboxylic acids is 1. The quantitative estimate of drug-likeness (QED) is 0.559. The minimum Gasteiger partial charge on any atom is -0.356 e. The Balaban J connectivity index is 0.00000216. The Hall–Kier alpha value is -1.90. The van der Waals surface area contributed by atoms with E-state index in [-0.39, 0.29) is 42.2 Å². The third kappa shape index (κ3) is 6.86. The van der Waals surface area contributed by atoms with Crippen LogP contribution in [-0.4, -0.2) is 50.6 Å². The molecular formula is C25H41Cl2N7O. The van der Waals surface area contributed by atoms with Crippen LogP contribution in [0.1, 0.15) is 95.6 Å². The topological polar surface area (TPSA) is 88.0 Å². The number of anilines is 2. The second-order valence-electron chi connectivity index (χ2n) is 10.9. The lowest BCUT2D eigenvalue weighted by Gasteiger charge is -2.35. The number of halogens is 2. The molecule has 2 aliphatic heterocycles. The fraction of sp³-hybridized carbons (Fsp3) is 0.680. The number of amides is 1. The molecule has 0 radical (unpaired) electrons. The molecule has 8 nitrogen and oxygen atoms in total. The van der Waals surface area contributed by atoms with E-state index in [9.17, 15) is 4.79 Å². The van der Waals surface area contributed by atoms with E-state index in [1.807, 2.05) is 0 Å². The van der Waals surface area contributed by atoms with Crippen molar-refractivity contribution in [3.8, 4) is 0 Å². The van der Waals surface area contributed by atoms with Gasteiger partial charge in [0.1, 0.15) is 23.8 Å². The molecule has 0 bridgehead atoms. The van der Waals surface area contributed by atoms with Gasteiger partial charge in [0.15, 0.2) is 0 Å².